The lowest BCUT2D eigenvalue weighted by Crippen LogP contribution is -2.55. The minimum absolute atomic E-state index is 0.000440. The number of ketones is 1. The van der Waals surface area contributed by atoms with E-state index in [1.807, 2.05) is 0 Å². The number of likely N-dealkylation sites (tertiary alicyclic amines) is 1. The Kier molecular flexibility index (Phi) is 7.89. The number of amides is 3. The molecule has 0 saturated carbocycles. The predicted octanol–water partition coefficient (Wildman–Crippen LogP) is 3.82. The number of carbonyl (C=O) groups is 4. The highest BCUT2D eigenvalue weighted by molar-refractivity contribution is 6.05. The lowest BCUT2D eigenvalue weighted by Gasteiger charge is -2.35. The standard InChI is InChI=1S/C29H30F3N3O5/c1-17(28(2,3)33)40-16-35-25(37)13-11-23(27(35)39)34-15-19-14-18(4-10-22(19)26(34)38)5-12-24(36)29(31,32)20-6-8-21(30)9-7-20/h4,6-10,14,23H,1,5,11-13,15-16,33H2,2-3H3. The van der Waals surface area contributed by atoms with E-state index in [0.29, 0.717) is 16.7 Å². The highest BCUT2D eigenvalue weighted by Gasteiger charge is 2.43. The summed E-state index contributed by atoms with van der Waals surface area (Å²) in [6.45, 7) is 6.77. The maximum atomic E-state index is 14.6. The van der Waals surface area contributed by atoms with Crippen molar-refractivity contribution in [2.75, 3.05) is 6.73 Å². The van der Waals surface area contributed by atoms with Gasteiger partial charge in [0.15, 0.2) is 6.73 Å². The molecule has 2 aromatic rings. The number of carbonyl (C=O) groups excluding carboxylic acids is 4. The number of fused-ring (bicyclic) bond motifs is 1. The van der Waals surface area contributed by atoms with Crippen molar-refractivity contribution in [2.24, 2.45) is 5.73 Å². The molecule has 4 rings (SSSR count). The molecule has 11 heteroatoms. The second-order valence-electron chi connectivity index (χ2n) is 10.6. The number of rotatable bonds is 10. The number of alkyl halides is 2. The van der Waals surface area contributed by atoms with Gasteiger partial charge in [0, 0.05) is 30.5 Å². The molecule has 0 bridgehead atoms. The summed E-state index contributed by atoms with van der Waals surface area (Å²) in [5, 5.41) is 0. The van der Waals surface area contributed by atoms with Crippen LogP contribution in [0.25, 0.3) is 0 Å². The van der Waals surface area contributed by atoms with Crippen LogP contribution in [0.2, 0.25) is 0 Å². The van der Waals surface area contributed by atoms with Crippen molar-refractivity contribution in [3.8, 4) is 0 Å². The number of ether oxygens (including phenoxy) is 1. The molecule has 2 N–H and O–H groups in total. The molecule has 1 fully saturated rings. The van der Waals surface area contributed by atoms with Gasteiger partial charge in [-0.15, -0.1) is 0 Å². The van der Waals surface area contributed by atoms with Crippen LogP contribution in [0.3, 0.4) is 0 Å². The Morgan fingerprint density at radius 1 is 1.12 bits per heavy atom. The van der Waals surface area contributed by atoms with Crippen LogP contribution >= 0.6 is 0 Å². The molecule has 3 amide bonds. The van der Waals surface area contributed by atoms with Crippen molar-refractivity contribution < 1.29 is 37.1 Å². The van der Waals surface area contributed by atoms with Crippen LogP contribution in [-0.4, -0.2) is 51.6 Å². The van der Waals surface area contributed by atoms with Crippen LogP contribution < -0.4 is 5.73 Å². The molecule has 2 aliphatic rings. The van der Waals surface area contributed by atoms with Gasteiger partial charge in [0.1, 0.15) is 17.6 Å². The first-order valence-corrected chi connectivity index (χ1v) is 12.8. The first-order valence-electron chi connectivity index (χ1n) is 12.8. The molecule has 1 saturated heterocycles. The molecule has 1 atom stereocenters. The summed E-state index contributed by atoms with van der Waals surface area (Å²) in [6.07, 6.45) is -0.282. The topological polar surface area (TPSA) is 110 Å². The molecule has 212 valence electrons. The van der Waals surface area contributed by atoms with Gasteiger partial charge in [-0.25, -0.2) is 9.29 Å². The summed E-state index contributed by atoms with van der Waals surface area (Å²) in [5.74, 6) is -6.96. The third kappa shape index (κ3) is 5.79. The zero-order valence-corrected chi connectivity index (χ0v) is 22.2. The number of hydrogen-bond acceptors (Lipinski definition) is 6. The Morgan fingerprint density at radius 2 is 1.80 bits per heavy atom. The molecule has 2 heterocycles. The number of nitrogens with zero attached hydrogens (tertiary/aromatic N) is 2. The van der Waals surface area contributed by atoms with Gasteiger partial charge in [0.2, 0.25) is 11.7 Å². The second kappa shape index (κ2) is 10.9. The van der Waals surface area contributed by atoms with E-state index in [0.717, 1.165) is 29.2 Å². The number of piperidine rings is 1. The third-order valence-corrected chi connectivity index (χ3v) is 7.15. The van der Waals surface area contributed by atoms with E-state index < -0.39 is 52.9 Å². The number of nitrogens with two attached hydrogens (primary N) is 1. The van der Waals surface area contributed by atoms with E-state index in [1.54, 1.807) is 32.0 Å². The summed E-state index contributed by atoms with van der Waals surface area (Å²) in [7, 11) is 0. The molecule has 0 spiro atoms. The van der Waals surface area contributed by atoms with Gasteiger partial charge in [0.05, 0.1) is 5.54 Å². The second-order valence-corrected chi connectivity index (χ2v) is 10.6. The SMILES string of the molecule is C=C(OCN1C(=O)CCC(N2Cc3cc(CCC(=O)C(F)(F)c4ccc(F)cc4)ccc3C2=O)C1=O)C(C)(C)N. The van der Waals surface area contributed by atoms with E-state index in [4.69, 9.17) is 10.5 Å². The van der Waals surface area contributed by atoms with Gasteiger partial charge in [-0.2, -0.15) is 8.78 Å². The quantitative estimate of drug-likeness (QED) is 0.351. The minimum Gasteiger partial charge on any atom is -0.476 e. The number of benzene rings is 2. The number of hydrogen-bond donors (Lipinski definition) is 1. The third-order valence-electron chi connectivity index (χ3n) is 7.15. The monoisotopic (exact) mass is 557 g/mol. The lowest BCUT2D eigenvalue weighted by atomic mass is 9.97. The molecule has 40 heavy (non-hydrogen) atoms. The van der Waals surface area contributed by atoms with Crippen molar-refractivity contribution in [3.63, 3.8) is 0 Å². The van der Waals surface area contributed by atoms with Crippen molar-refractivity contribution >= 4 is 23.5 Å². The summed E-state index contributed by atoms with van der Waals surface area (Å²) in [4.78, 5) is 53.4. The highest BCUT2D eigenvalue weighted by atomic mass is 19.3. The first-order chi connectivity index (χ1) is 18.7. The number of imide groups is 1. The van der Waals surface area contributed by atoms with Crippen LogP contribution in [0.5, 0.6) is 0 Å². The fraction of sp³-hybridized carbons (Fsp3) is 0.379. The minimum atomic E-state index is -3.77. The van der Waals surface area contributed by atoms with E-state index >= 15 is 0 Å². The Balaban J connectivity index is 1.41. The number of halogens is 3. The average Bonchev–Trinajstić information content (AvgIpc) is 3.21. The maximum Gasteiger partial charge on any atom is 0.330 e. The maximum absolute atomic E-state index is 14.6. The average molecular weight is 558 g/mol. The van der Waals surface area contributed by atoms with Crippen molar-refractivity contribution in [1.82, 2.24) is 9.80 Å². The fourth-order valence-corrected chi connectivity index (χ4v) is 4.61. The summed E-state index contributed by atoms with van der Waals surface area (Å²) < 4.78 is 47.7. The van der Waals surface area contributed by atoms with Gasteiger partial charge in [-0.3, -0.25) is 19.2 Å². The van der Waals surface area contributed by atoms with Crippen LogP contribution in [0.15, 0.2) is 54.8 Å². The Bertz CT molecular complexity index is 1370. The zero-order valence-electron chi connectivity index (χ0n) is 22.2. The van der Waals surface area contributed by atoms with E-state index in [-0.39, 0.29) is 44.2 Å². The van der Waals surface area contributed by atoms with E-state index in [1.165, 1.54) is 4.90 Å². The van der Waals surface area contributed by atoms with Crippen molar-refractivity contribution in [2.45, 2.75) is 63.6 Å². The van der Waals surface area contributed by atoms with Crippen LogP contribution in [0.4, 0.5) is 13.2 Å². The Hall–Kier alpha value is -3.99. The molecule has 2 aliphatic heterocycles. The normalized spacial score (nSPS) is 17.8. The Morgan fingerprint density at radius 3 is 2.45 bits per heavy atom. The molecule has 8 nitrogen and oxygen atoms in total. The van der Waals surface area contributed by atoms with E-state index in [2.05, 4.69) is 6.58 Å². The van der Waals surface area contributed by atoms with Crippen LogP contribution in [0.1, 0.15) is 60.2 Å². The molecule has 2 aromatic carbocycles. The van der Waals surface area contributed by atoms with Crippen molar-refractivity contribution in [3.05, 3.63) is 82.9 Å². The summed E-state index contributed by atoms with van der Waals surface area (Å²) >= 11 is 0. The van der Waals surface area contributed by atoms with Gasteiger partial charge >= 0.3 is 5.92 Å². The molecule has 1 unspecified atom stereocenters. The molecule has 0 aromatic heterocycles. The van der Waals surface area contributed by atoms with Crippen molar-refractivity contribution in [1.29, 1.82) is 0 Å². The highest BCUT2D eigenvalue weighted by Crippen LogP contribution is 2.33. The lowest BCUT2D eigenvalue weighted by molar-refractivity contribution is -0.157. The van der Waals surface area contributed by atoms with Crippen LogP contribution in [-0.2, 0) is 38.0 Å². The molecule has 0 aliphatic carbocycles. The van der Waals surface area contributed by atoms with E-state index in [9.17, 15) is 32.3 Å². The zero-order chi connectivity index (χ0) is 29.4. The predicted molar refractivity (Wildman–Crippen MR) is 138 cm³/mol. The molecular formula is C29H30F3N3O5. The molecule has 0 radical (unpaired) electrons. The van der Waals surface area contributed by atoms with Gasteiger partial charge in [-0.1, -0.05) is 18.7 Å². The van der Waals surface area contributed by atoms with Gasteiger partial charge in [-0.05, 0) is 68.1 Å². The number of Topliss-reactive ketones (excluding diaryl/α,β-unsaturated/α-hetero) is 1. The smallest absolute Gasteiger partial charge is 0.330 e. The first kappa shape index (κ1) is 29.0. The fourth-order valence-electron chi connectivity index (χ4n) is 4.61. The summed E-state index contributed by atoms with van der Waals surface area (Å²) in [5.41, 5.74) is 5.98. The van der Waals surface area contributed by atoms with Crippen LogP contribution in [0, 0.1) is 5.82 Å². The number of aryl methyl sites for hydroxylation is 1. The van der Waals surface area contributed by atoms with Gasteiger partial charge in [0.25, 0.3) is 11.8 Å². The van der Waals surface area contributed by atoms with Gasteiger partial charge < -0.3 is 15.4 Å². The Labute approximate surface area is 229 Å². The summed E-state index contributed by atoms with van der Waals surface area (Å²) in [6, 6.07) is 7.39. The largest absolute Gasteiger partial charge is 0.476 e. The molecular weight excluding hydrogens is 527 g/mol.